The quantitative estimate of drug-likeness (QED) is 0.319. The molecule has 0 saturated carbocycles. The van der Waals surface area contributed by atoms with Crippen LogP contribution in [0.2, 0.25) is 0 Å². The molecule has 4 aromatic carbocycles. The van der Waals surface area contributed by atoms with Crippen LogP contribution in [0.1, 0.15) is 10.4 Å². The summed E-state index contributed by atoms with van der Waals surface area (Å²) >= 11 is 3.41. The van der Waals surface area contributed by atoms with Crippen molar-refractivity contribution in [2.75, 3.05) is 5.32 Å². The van der Waals surface area contributed by atoms with Gasteiger partial charge in [-0.15, -0.1) is 0 Å². The summed E-state index contributed by atoms with van der Waals surface area (Å²) < 4.78 is 6.69. The Kier molecular flexibility index (Phi) is 4.41. The Hall–Kier alpha value is -3.37. The van der Waals surface area contributed by atoms with Crippen LogP contribution in [0, 0.1) is 0 Å². The fourth-order valence-electron chi connectivity index (χ4n) is 3.60. The normalized spacial score (nSPS) is 11.1. The first-order valence-electron chi connectivity index (χ1n) is 9.26. The highest BCUT2D eigenvalue weighted by atomic mass is 79.9. The molecule has 1 heterocycles. The van der Waals surface area contributed by atoms with Crippen molar-refractivity contribution in [1.82, 2.24) is 0 Å². The van der Waals surface area contributed by atoms with E-state index in [-0.39, 0.29) is 5.91 Å². The van der Waals surface area contributed by atoms with Crippen LogP contribution in [0.4, 0.5) is 5.69 Å². The van der Waals surface area contributed by atoms with Gasteiger partial charge < -0.3 is 9.73 Å². The summed E-state index contributed by atoms with van der Waals surface area (Å²) in [5, 5.41) is 6.21. The number of carbonyl (C=O) groups excluding carboxylic acids is 1. The molecule has 4 heteroatoms. The lowest BCUT2D eigenvalue weighted by atomic mass is 9.97. The maximum atomic E-state index is 13.0. The first-order valence-corrected chi connectivity index (χ1v) is 10.1. The van der Waals surface area contributed by atoms with Gasteiger partial charge in [-0.1, -0.05) is 70.5 Å². The molecule has 0 aliphatic heterocycles. The number of rotatable bonds is 3. The zero-order chi connectivity index (χ0) is 19.8. The number of amides is 1. The number of para-hydroxylation sites is 1. The Bertz CT molecular complexity index is 1350. The number of benzene rings is 4. The summed E-state index contributed by atoms with van der Waals surface area (Å²) in [5.74, 6) is -0.150. The van der Waals surface area contributed by atoms with Gasteiger partial charge in [0.25, 0.3) is 5.91 Å². The highest BCUT2D eigenvalue weighted by Gasteiger charge is 2.17. The zero-order valence-electron chi connectivity index (χ0n) is 15.4. The second-order valence-corrected chi connectivity index (χ2v) is 7.73. The van der Waals surface area contributed by atoms with E-state index >= 15 is 0 Å². The lowest BCUT2D eigenvalue weighted by Crippen LogP contribution is -2.13. The average molecular weight is 442 g/mol. The fraction of sp³-hybridized carbons (Fsp3) is 0. The first-order chi connectivity index (χ1) is 14.2. The molecule has 1 amide bonds. The summed E-state index contributed by atoms with van der Waals surface area (Å²) in [4.78, 5) is 13.0. The highest BCUT2D eigenvalue weighted by Crippen LogP contribution is 2.39. The van der Waals surface area contributed by atoms with Gasteiger partial charge >= 0.3 is 0 Å². The molecule has 0 radical (unpaired) electrons. The van der Waals surface area contributed by atoms with Crippen LogP contribution >= 0.6 is 15.9 Å². The number of hydrogen-bond donors (Lipinski definition) is 1. The number of fused-ring (bicyclic) bond motifs is 2. The Morgan fingerprint density at radius 2 is 1.48 bits per heavy atom. The minimum absolute atomic E-state index is 0.150. The molecular weight excluding hydrogens is 426 g/mol. The van der Waals surface area contributed by atoms with Crippen molar-refractivity contribution in [3.8, 4) is 11.1 Å². The predicted octanol–water partition coefficient (Wildman–Crippen LogP) is 7.27. The number of nitrogens with one attached hydrogen (secondary N) is 1. The van der Waals surface area contributed by atoms with Crippen LogP contribution in [0.15, 0.2) is 100 Å². The van der Waals surface area contributed by atoms with E-state index in [1.54, 1.807) is 18.4 Å². The van der Waals surface area contributed by atoms with E-state index in [0.717, 1.165) is 43.0 Å². The standard InChI is InChI=1S/C25H16BrNO2/c26-18-12-9-17(10-13-18)25(28)27-24-19-6-2-1-5-16(19)11-14-21(24)22-15-29-23-8-4-3-7-20(22)23/h1-15H,(H,27,28). The van der Waals surface area contributed by atoms with E-state index in [1.807, 2.05) is 66.7 Å². The molecule has 0 aliphatic carbocycles. The number of hydrogen-bond acceptors (Lipinski definition) is 2. The highest BCUT2D eigenvalue weighted by molar-refractivity contribution is 9.10. The number of carbonyl (C=O) groups is 1. The molecule has 0 unspecified atom stereocenters. The van der Waals surface area contributed by atoms with Gasteiger partial charge in [0.2, 0.25) is 0 Å². The van der Waals surface area contributed by atoms with Gasteiger partial charge in [-0.3, -0.25) is 4.79 Å². The molecule has 29 heavy (non-hydrogen) atoms. The van der Waals surface area contributed by atoms with Crippen molar-refractivity contribution >= 4 is 49.3 Å². The summed E-state index contributed by atoms with van der Waals surface area (Å²) in [5.41, 5.74) is 4.09. The molecule has 1 aromatic heterocycles. The van der Waals surface area contributed by atoms with Gasteiger partial charge in [0.15, 0.2) is 0 Å². The van der Waals surface area contributed by atoms with Crippen LogP contribution in [0.5, 0.6) is 0 Å². The van der Waals surface area contributed by atoms with Crippen molar-refractivity contribution in [2.45, 2.75) is 0 Å². The molecule has 0 spiro atoms. The molecule has 0 atom stereocenters. The largest absolute Gasteiger partial charge is 0.464 e. The van der Waals surface area contributed by atoms with E-state index in [9.17, 15) is 4.79 Å². The first kappa shape index (κ1) is 17.7. The molecule has 5 rings (SSSR count). The molecular formula is C25H16BrNO2. The van der Waals surface area contributed by atoms with Gasteiger partial charge in [0.1, 0.15) is 5.58 Å². The van der Waals surface area contributed by atoms with Crippen LogP contribution in [0.3, 0.4) is 0 Å². The Morgan fingerprint density at radius 3 is 2.31 bits per heavy atom. The topological polar surface area (TPSA) is 42.2 Å². The summed E-state index contributed by atoms with van der Waals surface area (Å²) in [7, 11) is 0. The average Bonchev–Trinajstić information content (AvgIpc) is 3.18. The number of halogens is 1. The van der Waals surface area contributed by atoms with E-state index in [1.165, 1.54) is 0 Å². The Morgan fingerprint density at radius 1 is 0.759 bits per heavy atom. The maximum absolute atomic E-state index is 13.0. The molecule has 140 valence electrons. The molecule has 0 fully saturated rings. The van der Waals surface area contributed by atoms with Crippen molar-refractivity contribution in [3.63, 3.8) is 0 Å². The van der Waals surface area contributed by atoms with Crippen LogP contribution < -0.4 is 5.32 Å². The van der Waals surface area contributed by atoms with Gasteiger partial charge in [-0.05, 0) is 35.7 Å². The van der Waals surface area contributed by atoms with E-state index in [2.05, 4.69) is 27.3 Å². The summed E-state index contributed by atoms with van der Waals surface area (Å²) in [6.07, 6.45) is 1.75. The van der Waals surface area contributed by atoms with Crippen molar-refractivity contribution in [1.29, 1.82) is 0 Å². The third kappa shape index (κ3) is 3.22. The maximum Gasteiger partial charge on any atom is 0.255 e. The zero-order valence-corrected chi connectivity index (χ0v) is 16.9. The summed E-state index contributed by atoms with van der Waals surface area (Å²) in [6.45, 7) is 0. The van der Waals surface area contributed by atoms with E-state index in [4.69, 9.17) is 4.42 Å². The predicted molar refractivity (Wildman–Crippen MR) is 121 cm³/mol. The SMILES string of the molecule is O=C(Nc1c(-c2coc3ccccc23)ccc2ccccc12)c1ccc(Br)cc1. The fourth-order valence-corrected chi connectivity index (χ4v) is 3.87. The van der Waals surface area contributed by atoms with Crippen molar-refractivity contribution in [2.24, 2.45) is 0 Å². The third-order valence-electron chi connectivity index (χ3n) is 5.05. The molecule has 3 nitrogen and oxygen atoms in total. The second-order valence-electron chi connectivity index (χ2n) is 6.82. The van der Waals surface area contributed by atoms with Gasteiger partial charge in [0.05, 0.1) is 12.0 Å². The Labute approximate surface area is 176 Å². The molecule has 0 saturated heterocycles. The Balaban J connectivity index is 1.69. The molecule has 5 aromatic rings. The van der Waals surface area contributed by atoms with Gasteiger partial charge in [-0.2, -0.15) is 0 Å². The van der Waals surface area contributed by atoms with E-state index < -0.39 is 0 Å². The minimum atomic E-state index is -0.150. The second kappa shape index (κ2) is 7.22. The third-order valence-corrected chi connectivity index (χ3v) is 5.57. The lowest BCUT2D eigenvalue weighted by Gasteiger charge is -2.14. The summed E-state index contributed by atoms with van der Waals surface area (Å²) in [6, 6.07) is 27.4. The molecule has 0 bridgehead atoms. The lowest BCUT2D eigenvalue weighted by molar-refractivity contribution is 0.102. The van der Waals surface area contributed by atoms with Gasteiger partial charge in [0, 0.05) is 31.9 Å². The number of furan rings is 1. The van der Waals surface area contributed by atoms with Gasteiger partial charge in [-0.25, -0.2) is 0 Å². The van der Waals surface area contributed by atoms with Crippen molar-refractivity contribution < 1.29 is 9.21 Å². The smallest absolute Gasteiger partial charge is 0.255 e. The van der Waals surface area contributed by atoms with E-state index in [0.29, 0.717) is 5.56 Å². The molecule has 0 aliphatic rings. The van der Waals surface area contributed by atoms with Crippen LogP contribution in [0.25, 0.3) is 32.9 Å². The van der Waals surface area contributed by atoms with Crippen LogP contribution in [-0.2, 0) is 0 Å². The van der Waals surface area contributed by atoms with Crippen LogP contribution in [-0.4, -0.2) is 5.91 Å². The molecule has 1 N–H and O–H groups in total. The number of anilines is 1. The minimum Gasteiger partial charge on any atom is -0.464 e. The van der Waals surface area contributed by atoms with Crippen molar-refractivity contribution in [3.05, 3.63) is 101 Å². The monoisotopic (exact) mass is 441 g/mol.